The van der Waals surface area contributed by atoms with Crippen LogP contribution in [0, 0.1) is 0 Å². The van der Waals surface area contributed by atoms with Gasteiger partial charge in [0.05, 0.1) is 0 Å². The van der Waals surface area contributed by atoms with Crippen LogP contribution in [0.15, 0.2) is 124 Å². The highest BCUT2D eigenvalue weighted by molar-refractivity contribution is 6.99. The van der Waals surface area contributed by atoms with Gasteiger partial charge in [-0.05, 0) is 83.9 Å². The van der Waals surface area contributed by atoms with Crippen molar-refractivity contribution in [3.63, 3.8) is 0 Å². The van der Waals surface area contributed by atoms with Crippen molar-refractivity contribution < 1.29 is 23.0 Å². The first kappa shape index (κ1) is 24.7. The van der Waals surface area contributed by atoms with Crippen molar-refractivity contribution in [2.45, 2.75) is 0 Å². The molecule has 7 heterocycles. The third-order valence-corrected chi connectivity index (χ3v) is 9.89. The predicted molar refractivity (Wildman–Crippen MR) is 185 cm³/mol. The number of aromatic nitrogens is 2. The monoisotopic (exact) mass is 618 g/mol. The van der Waals surface area contributed by atoms with Gasteiger partial charge >= 0.3 is 0 Å². The molecule has 3 aliphatic rings. The van der Waals surface area contributed by atoms with E-state index in [2.05, 4.69) is 46.4 Å². The molecular weight excluding hydrogens is 599 g/mol. The summed E-state index contributed by atoms with van der Waals surface area (Å²) in [7, 11) is 0. The van der Waals surface area contributed by atoms with Crippen LogP contribution in [0.2, 0.25) is 0 Å². The number of para-hydroxylation sites is 2. The number of nitrogens with zero attached hydrogens (tertiary/aromatic N) is 2. The fraction of sp³-hybridized carbons (Fsp3) is 0. The van der Waals surface area contributed by atoms with E-state index in [-0.39, 0.29) is 6.71 Å². The summed E-state index contributed by atoms with van der Waals surface area (Å²) in [4.78, 5) is 9.18. The Bertz CT molecular complexity index is 2720. The molecule has 0 saturated heterocycles. The van der Waals surface area contributed by atoms with Gasteiger partial charge < -0.3 is 23.0 Å². The highest BCUT2D eigenvalue weighted by Crippen LogP contribution is 2.47. The zero-order valence-electron chi connectivity index (χ0n) is 25.0. The molecule has 0 radical (unpaired) electrons. The van der Waals surface area contributed by atoms with Crippen LogP contribution in [-0.4, -0.2) is 16.7 Å². The third kappa shape index (κ3) is 3.09. The van der Waals surface area contributed by atoms with Gasteiger partial charge in [-0.15, -0.1) is 0 Å². The molecule has 0 unspecified atom stereocenters. The zero-order chi connectivity index (χ0) is 31.1. The van der Waals surface area contributed by atoms with E-state index in [1.165, 1.54) is 0 Å². The van der Waals surface area contributed by atoms with Crippen molar-refractivity contribution in [3.8, 4) is 56.8 Å². The van der Waals surface area contributed by atoms with Crippen LogP contribution in [0.1, 0.15) is 0 Å². The molecule has 3 aliphatic heterocycles. The SMILES string of the molecule is c1cc2c3c(c1)Oc1cc(-c4cccc5c4oc4cccnc45)cc4c1B3c1c(cc(-c3cccc5c3oc3cccnc35)cc1O4)O2. The van der Waals surface area contributed by atoms with E-state index in [0.29, 0.717) is 0 Å². The topological polar surface area (TPSA) is 79.8 Å². The van der Waals surface area contributed by atoms with E-state index in [4.69, 9.17) is 23.0 Å². The first-order chi connectivity index (χ1) is 23.8. The lowest BCUT2D eigenvalue weighted by molar-refractivity contribution is 0.443. The first-order valence-corrected chi connectivity index (χ1v) is 15.8. The Kier molecular flexibility index (Phi) is 4.43. The smallest absolute Gasteiger partial charge is 0.270 e. The zero-order valence-corrected chi connectivity index (χ0v) is 25.0. The van der Waals surface area contributed by atoms with E-state index in [1.807, 2.05) is 66.7 Å². The van der Waals surface area contributed by atoms with Crippen molar-refractivity contribution in [1.82, 2.24) is 9.97 Å². The van der Waals surface area contributed by atoms with Gasteiger partial charge in [-0.3, -0.25) is 9.97 Å². The number of hydrogen-bond donors (Lipinski definition) is 0. The summed E-state index contributed by atoms with van der Waals surface area (Å²) < 4.78 is 32.9. The van der Waals surface area contributed by atoms with E-state index in [0.717, 1.165) is 117 Å². The number of pyridine rings is 2. The maximum Gasteiger partial charge on any atom is 0.270 e. The van der Waals surface area contributed by atoms with Gasteiger partial charge in [0.1, 0.15) is 56.7 Å². The van der Waals surface area contributed by atoms with Gasteiger partial charge in [0, 0.05) is 50.7 Å². The highest BCUT2D eigenvalue weighted by Gasteiger charge is 2.47. The van der Waals surface area contributed by atoms with E-state index in [9.17, 15) is 0 Å². The van der Waals surface area contributed by atoms with Crippen molar-refractivity contribution in [3.05, 3.63) is 116 Å². The van der Waals surface area contributed by atoms with Crippen LogP contribution in [0.3, 0.4) is 0 Å². The van der Waals surface area contributed by atoms with E-state index in [1.54, 1.807) is 12.4 Å². The molecule has 7 nitrogen and oxygen atoms in total. The molecular formula is C40H19BN2O5. The molecule has 9 aromatic rings. The standard InChI is InChI=1S/C40H19BN2O5/c1-6-22(39-24(8-1)37-28(47-39)12-4-14-42-37)20-16-30-35-32(18-20)46-33-19-21(23-7-2-9-25-38-29(48-40(23)25)13-5-15-43-38)17-31-36(33)41(35)34-26(44-30)10-3-11-27(34)45-31/h1-19H. The average molecular weight is 618 g/mol. The third-order valence-electron chi connectivity index (χ3n) is 9.89. The van der Waals surface area contributed by atoms with Crippen LogP contribution in [-0.2, 0) is 0 Å². The summed E-state index contributed by atoms with van der Waals surface area (Å²) in [6.45, 7) is -0.108. The molecule has 5 aromatic carbocycles. The predicted octanol–water partition coefficient (Wildman–Crippen LogP) is 8.44. The van der Waals surface area contributed by atoms with Gasteiger partial charge in [-0.1, -0.05) is 30.3 Å². The van der Waals surface area contributed by atoms with Crippen LogP contribution in [0.25, 0.3) is 66.4 Å². The Hall–Kier alpha value is -6.54. The molecule has 12 rings (SSSR count). The molecule has 222 valence electrons. The second-order valence-electron chi connectivity index (χ2n) is 12.4. The van der Waals surface area contributed by atoms with Gasteiger partial charge in [0.2, 0.25) is 0 Å². The number of hydrogen-bond acceptors (Lipinski definition) is 7. The van der Waals surface area contributed by atoms with E-state index >= 15 is 0 Å². The van der Waals surface area contributed by atoms with Crippen molar-refractivity contribution >= 4 is 67.2 Å². The molecule has 8 heteroatoms. The Labute approximate surface area is 272 Å². The second kappa shape index (κ2) is 8.63. The summed E-state index contributed by atoms with van der Waals surface area (Å²) in [6.07, 6.45) is 3.58. The van der Waals surface area contributed by atoms with Crippen molar-refractivity contribution in [1.29, 1.82) is 0 Å². The van der Waals surface area contributed by atoms with Gasteiger partial charge in [-0.25, -0.2) is 0 Å². The molecule has 4 aromatic heterocycles. The highest BCUT2D eigenvalue weighted by atomic mass is 16.5. The lowest BCUT2D eigenvalue weighted by Crippen LogP contribution is -2.59. The number of fused-ring (bicyclic) bond motifs is 6. The summed E-state index contributed by atoms with van der Waals surface area (Å²) in [5.41, 5.74) is 11.5. The van der Waals surface area contributed by atoms with Crippen LogP contribution in [0.4, 0.5) is 0 Å². The van der Waals surface area contributed by atoms with Crippen molar-refractivity contribution in [2.24, 2.45) is 0 Å². The molecule has 0 atom stereocenters. The lowest BCUT2D eigenvalue weighted by atomic mass is 9.34. The van der Waals surface area contributed by atoms with Gasteiger partial charge in [-0.2, -0.15) is 0 Å². The molecule has 0 saturated carbocycles. The number of rotatable bonds is 2. The molecule has 0 aliphatic carbocycles. The maximum absolute atomic E-state index is 6.87. The Morgan fingerprint density at radius 1 is 0.438 bits per heavy atom. The lowest BCUT2D eigenvalue weighted by Gasteiger charge is -2.37. The molecule has 0 amide bonds. The van der Waals surface area contributed by atoms with Crippen LogP contribution >= 0.6 is 0 Å². The summed E-state index contributed by atoms with van der Waals surface area (Å²) in [6, 6.07) is 34.4. The van der Waals surface area contributed by atoms with Crippen LogP contribution < -0.4 is 30.6 Å². The quantitative estimate of drug-likeness (QED) is 0.180. The molecule has 0 spiro atoms. The normalized spacial score (nSPS) is 13.5. The minimum atomic E-state index is -0.108. The number of furan rings is 2. The Morgan fingerprint density at radius 3 is 1.38 bits per heavy atom. The molecule has 0 bridgehead atoms. The molecule has 0 fully saturated rings. The minimum Gasteiger partial charge on any atom is -0.458 e. The van der Waals surface area contributed by atoms with E-state index < -0.39 is 0 Å². The number of benzene rings is 5. The van der Waals surface area contributed by atoms with Crippen LogP contribution in [0.5, 0.6) is 34.5 Å². The van der Waals surface area contributed by atoms with Crippen molar-refractivity contribution in [2.75, 3.05) is 0 Å². The fourth-order valence-electron chi connectivity index (χ4n) is 7.89. The van der Waals surface area contributed by atoms with Gasteiger partial charge in [0.25, 0.3) is 6.71 Å². The molecule has 0 N–H and O–H groups in total. The Morgan fingerprint density at radius 2 is 0.875 bits per heavy atom. The van der Waals surface area contributed by atoms with Gasteiger partial charge in [0.15, 0.2) is 11.2 Å². The summed E-state index contributed by atoms with van der Waals surface area (Å²) >= 11 is 0. The fourth-order valence-corrected chi connectivity index (χ4v) is 7.89. The minimum absolute atomic E-state index is 0.108. The first-order valence-electron chi connectivity index (χ1n) is 15.8. The largest absolute Gasteiger partial charge is 0.458 e. The number of ether oxygens (including phenoxy) is 3. The molecule has 48 heavy (non-hydrogen) atoms. The summed E-state index contributed by atoms with van der Waals surface area (Å²) in [5.74, 6) is 4.55. The average Bonchev–Trinajstić information content (AvgIpc) is 3.70. The second-order valence-corrected chi connectivity index (χ2v) is 12.4. The summed E-state index contributed by atoms with van der Waals surface area (Å²) in [5, 5.41) is 1.93. The Balaban J connectivity index is 1.10. The maximum atomic E-state index is 6.87.